The van der Waals surface area contributed by atoms with Gasteiger partial charge in [-0.1, -0.05) is 39.8 Å². The first-order valence-corrected chi connectivity index (χ1v) is 7.54. The Bertz CT molecular complexity index is 565. The maximum absolute atomic E-state index is 9.75. The Morgan fingerprint density at radius 2 is 2.05 bits per heavy atom. The summed E-state index contributed by atoms with van der Waals surface area (Å²) in [5.41, 5.74) is 2.65. The van der Waals surface area contributed by atoms with E-state index in [9.17, 15) is 5.11 Å². The molecule has 2 aliphatic rings. The van der Waals surface area contributed by atoms with Gasteiger partial charge in [-0.3, -0.25) is 0 Å². The van der Waals surface area contributed by atoms with Gasteiger partial charge in [-0.25, -0.2) is 0 Å². The van der Waals surface area contributed by atoms with Gasteiger partial charge in [0.25, 0.3) is 0 Å². The molecule has 0 bridgehead atoms. The summed E-state index contributed by atoms with van der Waals surface area (Å²) in [6.07, 6.45) is 3.88. The van der Waals surface area contributed by atoms with E-state index in [1.807, 2.05) is 18.2 Å². The SMILES string of the molecule is CC(C)(C)C1=C(c2cccc(O)c2)OC2CCCC12C. The van der Waals surface area contributed by atoms with Gasteiger partial charge in [-0.05, 0) is 42.4 Å². The fraction of sp³-hybridized carbons (Fsp3) is 0.556. The minimum absolute atomic E-state index is 0.0780. The van der Waals surface area contributed by atoms with E-state index in [0.717, 1.165) is 17.7 Å². The van der Waals surface area contributed by atoms with Crippen LogP contribution in [0.3, 0.4) is 0 Å². The topological polar surface area (TPSA) is 29.5 Å². The largest absolute Gasteiger partial charge is 0.508 e. The quantitative estimate of drug-likeness (QED) is 0.800. The molecule has 1 aromatic rings. The summed E-state index contributed by atoms with van der Waals surface area (Å²) in [4.78, 5) is 0. The van der Waals surface area contributed by atoms with E-state index in [-0.39, 0.29) is 10.8 Å². The predicted molar refractivity (Wildman–Crippen MR) is 81.3 cm³/mol. The third kappa shape index (κ3) is 1.93. The second kappa shape index (κ2) is 4.28. The number of aromatic hydroxyl groups is 1. The molecule has 0 aromatic heterocycles. The number of benzene rings is 1. The molecule has 0 saturated heterocycles. The fourth-order valence-corrected chi connectivity index (χ4v) is 4.13. The maximum Gasteiger partial charge on any atom is 0.127 e. The lowest BCUT2D eigenvalue weighted by Gasteiger charge is -2.33. The number of phenols is 1. The van der Waals surface area contributed by atoms with Crippen LogP contribution in [0.25, 0.3) is 5.76 Å². The van der Waals surface area contributed by atoms with Crippen LogP contribution in [-0.4, -0.2) is 11.2 Å². The highest BCUT2D eigenvalue weighted by atomic mass is 16.5. The first kappa shape index (κ1) is 13.5. The zero-order valence-electron chi connectivity index (χ0n) is 12.9. The molecule has 20 heavy (non-hydrogen) atoms. The lowest BCUT2D eigenvalue weighted by Crippen LogP contribution is -2.30. The van der Waals surface area contributed by atoms with Crippen LogP contribution in [0.4, 0.5) is 0 Å². The molecular formula is C18H24O2. The molecule has 2 unspecified atom stereocenters. The minimum Gasteiger partial charge on any atom is -0.508 e. The molecule has 0 amide bonds. The van der Waals surface area contributed by atoms with Crippen molar-refractivity contribution in [2.45, 2.75) is 53.1 Å². The highest BCUT2D eigenvalue weighted by Gasteiger charge is 2.53. The first-order valence-electron chi connectivity index (χ1n) is 7.54. The summed E-state index contributed by atoms with van der Waals surface area (Å²) in [6, 6.07) is 7.44. The van der Waals surface area contributed by atoms with E-state index >= 15 is 0 Å². The molecule has 2 heteroatoms. The zero-order chi connectivity index (χ0) is 14.5. The van der Waals surface area contributed by atoms with Crippen LogP contribution >= 0.6 is 0 Å². The molecular weight excluding hydrogens is 248 g/mol. The smallest absolute Gasteiger partial charge is 0.127 e. The number of fused-ring (bicyclic) bond motifs is 1. The highest BCUT2D eigenvalue weighted by molar-refractivity contribution is 5.69. The molecule has 3 rings (SSSR count). The second-order valence-corrected chi connectivity index (χ2v) is 7.42. The molecule has 108 valence electrons. The van der Waals surface area contributed by atoms with Gasteiger partial charge >= 0.3 is 0 Å². The molecule has 0 radical (unpaired) electrons. The van der Waals surface area contributed by atoms with Gasteiger partial charge in [0.1, 0.15) is 17.6 Å². The van der Waals surface area contributed by atoms with Gasteiger partial charge < -0.3 is 9.84 Å². The van der Waals surface area contributed by atoms with Crippen LogP contribution in [0.2, 0.25) is 0 Å². The number of rotatable bonds is 1. The molecule has 2 nitrogen and oxygen atoms in total. The van der Waals surface area contributed by atoms with Gasteiger partial charge in [0.05, 0.1) is 0 Å². The summed E-state index contributed by atoms with van der Waals surface area (Å²) in [5.74, 6) is 1.30. The third-order valence-electron chi connectivity index (χ3n) is 4.79. The molecule has 1 aromatic carbocycles. The second-order valence-electron chi connectivity index (χ2n) is 7.42. The monoisotopic (exact) mass is 272 g/mol. The van der Waals surface area contributed by atoms with Crippen molar-refractivity contribution in [1.29, 1.82) is 0 Å². The van der Waals surface area contributed by atoms with Crippen LogP contribution in [0.5, 0.6) is 5.75 Å². The number of hydrogen-bond donors (Lipinski definition) is 1. The third-order valence-corrected chi connectivity index (χ3v) is 4.79. The lowest BCUT2D eigenvalue weighted by atomic mass is 9.68. The van der Waals surface area contributed by atoms with Gasteiger partial charge in [-0.2, -0.15) is 0 Å². The summed E-state index contributed by atoms with van der Waals surface area (Å²) in [7, 11) is 0. The van der Waals surface area contributed by atoms with Crippen molar-refractivity contribution < 1.29 is 9.84 Å². The van der Waals surface area contributed by atoms with Crippen LogP contribution in [0.15, 0.2) is 29.8 Å². The van der Waals surface area contributed by atoms with E-state index in [0.29, 0.717) is 11.9 Å². The van der Waals surface area contributed by atoms with Crippen molar-refractivity contribution in [3.8, 4) is 5.75 Å². The molecule has 1 saturated carbocycles. The van der Waals surface area contributed by atoms with E-state index in [1.54, 1.807) is 6.07 Å². The average Bonchev–Trinajstić information content (AvgIpc) is 2.80. The summed E-state index contributed by atoms with van der Waals surface area (Å²) < 4.78 is 6.34. The molecule has 1 N–H and O–H groups in total. The van der Waals surface area contributed by atoms with Gasteiger partial charge in [0.15, 0.2) is 0 Å². The lowest BCUT2D eigenvalue weighted by molar-refractivity contribution is 0.117. The van der Waals surface area contributed by atoms with Gasteiger partial charge in [0.2, 0.25) is 0 Å². The van der Waals surface area contributed by atoms with Crippen molar-refractivity contribution in [3.05, 3.63) is 35.4 Å². The molecule has 2 atom stereocenters. The Morgan fingerprint density at radius 1 is 1.30 bits per heavy atom. The van der Waals surface area contributed by atoms with Crippen LogP contribution in [0, 0.1) is 10.8 Å². The van der Waals surface area contributed by atoms with Gasteiger partial charge in [-0.15, -0.1) is 0 Å². The van der Waals surface area contributed by atoms with Crippen molar-refractivity contribution in [3.63, 3.8) is 0 Å². The van der Waals surface area contributed by atoms with E-state index in [1.165, 1.54) is 18.4 Å². The Kier molecular flexibility index (Phi) is 2.89. The standard InChI is InChI=1S/C18H24O2/c1-17(2,3)16-15(12-7-5-8-13(19)11-12)20-14-9-6-10-18(14,16)4/h5,7-8,11,14,19H,6,9-10H2,1-4H3. The van der Waals surface area contributed by atoms with Crippen molar-refractivity contribution in [1.82, 2.24) is 0 Å². The molecule has 1 aliphatic carbocycles. The van der Waals surface area contributed by atoms with Crippen LogP contribution < -0.4 is 0 Å². The molecule has 0 spiro atoms. The minimum atomic E-state index is 0.0780. The molecule has 1 heterocycles. The van der Waals surface area contributed by atoms with Crippen LogP contribution in [-0.2, 0) is 4.74 Å². The predicted octanol–water partition coefficient (Wildman–Crippen LogP) is 4.74. The number of hydrogen-bond acceptors (Lipinski definition) is 2. The summed E-state index contributed by atoms with van der Waals surface area (Å²) in [5, 5.41) is 9.75. The number of phenolic OH excluding ortho intramolecular Hbond substituents is 1. The Balaban J connectivity index is 2.17. The fourth-order valence-electron chi connectivity index (χ4n) is 4.13. The van der Waals surface area contributed by atoms with Crippen molar-refractivity contribution >= 4 is 5.76 Å². The van der Waals surface area contributed by atoms with E-state index < -0.39 is 0 Å². The average molecular weight is 272 g/mol. The molecule has 1 aliphatic heterocycles. The first-order chi connectivity index (χ1) is 9.32. The van der Waals surface area contributed by atoms with Crippen molar-refractivity contribution in [2.75, 3.05) is 0 Å². The Morgan fingerprint density at radius 3 is 2.70 bits per heavy atom. The van der Waals surface area contributed by atoms with Gasteiger partial charge in [0, 0.05) is 11.0 Å². The van der Waals surface area contributed by atoms with E-state index in [4.69, 9.17) is 4.74 Å². The Labute approximate surface area is 121 Å². The van der Waals surface area contributed by atoms with E-state index in [2.05, 4.69) is 27.7 Å². The van der Waals surface area contributed by atoms with Crippen molar-refractivity contribution in [2.24, 2.45) is 10.8 Å². The zero-order valence-corrected chi connectivity index (χ0v) is 12.9. The highest BCUT2D eigenvalue weighted by Crippen LogP contribution is 2.59. The molecule has 1 fully saturated rings. The summed E-state index contributed by atoms with van der Waals surface area (Å²) >= 11 is 0. The van der Waals surface area contributed by atoms with Crippen LogP contribution in [0.1, 0.15) is 52.5 Å². The number of ether oxygens (including phenoxy) is 1. The normalized spacial score (nSPS) is 29.5. The Hall–Kier alpha value is -1.44. The summed E-state index contributed by atoms with van der Waals surface area (Å²) in [6.45, 7) is 9.14. The maximum atomic E-state index is 9.75.